The van der Waals surface area contributed by atoms with Crippen LogP contribution in [0.2, 0.25) is 0 Å². The van der Waals surface area contributed by atoms with Gasteiger partial charge in [0.05, 0.1) is 6.10 Å². The Balaban J connectivity index is 2.07. The molecule has 3 heteroatoms. The van der Waals surface area contributed by atoms with E-state index in [0.717, 1.165) is 36.2 Å². The van der Waals surface area contributed by atoms with E-state index in [9.17, 15) is 9.50 Å². The molecule has 2 nitrogen and oxygen atoms in total. The van der Waals surface area contributed by atoms with E-state index in [-0.39, 0.29) is 11.9 Å². The van der Waals surface area contributed by atoms with Crippen molar-refractivity contribution in [1.82, 2.24) is 4.57 Å². The average Bonchev–Trinajstić information content (AvgIpc) is 2.75. The smallest absolute Gasteiger partial charge is 0.123 e. The third kappa shape index (κ3) is 1.76. The second-order valence-electron chi connectivity index (χ2n) is 4.47. The molecule has 0 saturated carbocycles. The van der Waals surface area contributed by atoms with Crippen LogP contribution in [0.4, 0.5) is 4.39 Å². The Morgan fingerprint density at radius 3 is 2.71 bits per heavy atom. The molecule has 0 radical (unpaired) electrons. The van der Waals surface area contributed by atoms with Crippen molar-refractivity contribution in [2.24, 2.45) is 0 Å². The molecule has 1 atom stereocenters. The molecule has 1 aliphatic carbocycles. The predicted molar refractivity (Wildman–Crippen MR) is 63.6 cm³/mol. The van der Waals surface area contributed by atoms with Gasteiger partial charge in [0.15, 0.2) is 0 Å². The first-order valence-electron chi connectivity index (χ1n) is 5.90. The van der Waals surface area contributed by atoms with Gasteiger partial charge in [-0.3, -0.25) is 0 Å². The Morgan fingerprint density at radius 2 is 1.94 bits per heavy atom. The van der Waals surface area contributed by atoms with E-state index in [2.05, 4.69) is 0 Å². The summed E-state index contributed by atoms with van der Waals surface area (Å²) in [5, 5.41) is 9.89. The second kappa shape index (κ2) is 4.00. The van der Waals surface area contributed by atoms with Gasteiger partial charge in [0.25, 0.3) is 0 Å². The fraction of sp³-hybridized carbons (Fsp3) is 0.286. The highest BCUT2D eigenvalue weighted by molar-refractivity contribution is 5.39. The number of fused-ring (bicyclic) bond motifs is 1. The zero-order valence-electron chi connectivity index (χ0n) is 9.44. The number of halogens is 1. The third-order valence-corrected chi connectivity index (χ3v) is 3.38. The molecule has 0 bridgehead atoms. The zero-order chi connectivity index (χ0) is 11.8. The lowest BCUT2D eigenvalue weighted by Crippen LogP contribution is -2.10. The number of benzene rings is 1. The summed E-state index contributed by atoms with van der Waals surface area (Å²) in [6.45, 7) is 0. The summed E-state index contributed by atoms with van der Waals surface area (Å²) in [6.07, 6.45) is 4.41. The lowest BCUT2D eigenvalue weighted by Gasteiger charge is -2.20. The molecule has 17 heavy (non-hydrogen) atoms. The Morgan fingerprint density at radius 1 is 1.18 bits per heavy atom. The maximum Gasteiger partial charge on any atom is 0.123 e. The summed E-state index contributed by atoms with van der Waals surface area (Å²) in [4.78, 5) is 0. The summed E-state index contributed by atoms with van der Waals surface area (Å²) in [5.74, 6) is -0.227. The minimum Gasteiger partial charge on any atom is -0.388 e. The number of hydrogen-bond acceptors (Lipinski definition) is 1. The molecule has 1 heterocycles. The summed E-state index contributed by atoms with van der Waals surface area (Å²) in [7, 11) is 0. The van der Waals surface area contributed by atoms with E-state index in [0.29, 0.717) is 0 Å². The SMILES string of the molecule is OC1CCCc2c1ccn2-c1ccc(F)cc1. The number of aromatic nitrogens is 1. The van der Waals surface area contributed by atoms with Crippen molar-refractivity contribution in [3.63, 3.8) is 0 Å². The first-order chi connectivity index (χ1) is 8.25. The van der Waals surface area contributed by atoms with Gasteiger partial charge in [0.2, 0.25) is 0 Å². The van der Waals surface area contributed by atoms with Crippen LogP contribution in [0.15, 0.2) is 36.5 Å². The lowest BCUT2D eigenvalue weighted by atomic mass is 9.95. The molecule has 0 saturated heterocycles. The molecule has 1 aromatic carbocycles. The van der Waals surface area contributed by atoms with Gasteiger partial charge in [0, 0.05) is 23.1 Å². The van der Waals surface area contributed by atoms with Crippen molar-refractivity contribution in [3.05, 3.63) is 53.6 Å². The number of rotatable bonds is 1. The molecule has 0 fully saturated rings. The summed E-state index contributed by atoms with van der Waals surface area (Å²) < 4.78 is 14.9. The monoisotopic (exact) mass is 231 g/mol. The molecular formula is C14H14FNO. The molecule has 1 aromatic heterocycles. The van der Waals surface area contributed by atoms with Crippen molar-refractivity contribution in [3.8, 4) is 5.69 Å². The van der Waals surface area contributed by atoms with Crippen LogP contribution in [0.25, 0.3) is 5.69 Å². The van der Waals surface area contributed by atoms with E-state index in [1.54, 1.807) is 12.1 Å². The van der Waals surface area contributed by atoms with Gasteiger partial charge in [-0.25, -0.2) is 4.39 Å². The fourth-order valence-corrected chi connectivity index (χ4v) is 2.51. The molecule has 1 unspecified atom stereocenters. The van der Waals surface area contributed by atoms with E-state index >= 15 is 0 Å². The van der Waals surface area contributed by atoms with E-state index < -0.39 is 0 Å². The highest BCUT2D eigenvalue weighted by Gasteiger charge is 2.21. The van der Waals surface area contributed by atoms with Crippen LogP contribution in [-0.4, -0.2) is 9.67 Å². The van der Waals surface area contributed by atoms with Gasteiger partial charge in [0.1, 0.15) is 5.82 Å². The van der Waals surface area contributed by atoms with Crippen LogP contribution in [0.1, 0.15) is 30.2 Å². The van der Waals surface area contributed by atoms with Crippen molar-refractivity contribution >= 4 is 0 Å². The average molecular weight is 231 g/mol. The molecule has 1 aliphatic rings. The van der Waals surface area contributed by atoms with Gasteiger partial charge >= 0.3 is 0 Å². The lowest BCUT2D eigenvalue weighted by molar-refractivity contribution is 0.156. The first-order valence-corrected chi connectivity index (χ1v) is 5.90. The number of aliphatic hydroxyl groups is 1. The summed E-state index contributed by atoms with van der Waals surface area (Å²) in [5.41, 5.74) is 3.11. The maximum absolute atomic E-state index is 12.9. The van der Waals surface area contributed by atoms with Gasteiger partial charge in [-0.15, -0.1) is 0 Å². The largest absolute Gasteiger partial charge is 0.388 e. The minimum atomic E-state index is -0.347. The maximum atomic E-state index is 12.9. The number of hydrogen-bond donors (Lipinski definition) is 1. The van der Waals surface area contributed by atoms with Gasteiger partial charge < -0.3 is 9.67 Å². The van der Waals surface area contributed by atoms with Crippen LogP contribution in [-0.2, 0) is 6.42 Å². The quantitative estimate of drug-likeness (QED) is 0.802. The molecular weight excluding hydrogens is 217 g/mol. The highest BCUT2D eigenvalue weighted by Crippen LogP contribution is 2.31. The van der Waals surface area contributed by atoms with Crippen molar-refractivity contribution < 1.29 is 9.50 Å². The van der Waals surface area contributed by atoms with Crippen LogP contribution >= 0.6 is 0 Å². The second-order valence-corrected chi connectivity index (χ2v) is 4.47. The predicted octanol–water partition coefficient (Wildman–Crippen LogP) is 2.99. The molecule has 1 N–H and O–H groups in total. The van der Waals surface area contributed by atoms with Crippen molar-refractivity contribution in [2.45, 2.75) is 25.4 Å². The van der Waals surface area contributed by atoms with Crippen molar-refractivity contribution in [2.75, 3.05) is 0 Å². The molecule has 0 amide bonds. The highest BCUT2D eigenvalue weighted by atomic mass is 19.1. The van der Waals surface area contributed by atoms with Crippen LogP contribution in [0.3, 0.4) is 0 Å². The molecule has 88 valence electrons. The standard InChI is InChI=1S/C14H14FNO/c15-10-4-6-11(7-5-10)16-9-8-12-13(16)2-1-3-14(12)17/h4-9,14,17H,1-3H2. The van der Waals surface area contributed by atoms with E-state index in [4.69, 9.17) is 0 Å². The van der Waals surface area contributed by atoms with Crippen LogP contribution in [0, 0.1) is 5.82 Å². The summed E-state index contributed by atoms with van der Waals surface area (Å²) >= 11 is 0. The molecule has 0 spiro atoms. The fourth-order valence-electron chi connectivity index (χ4n) is 2.51. The van der Waals surface area contributed by atoms with Crippen molar-refractivity contribution in [1.29, 1.82) is 0 Å². The Kier molecular flexibility index (Phi) is 2.48. The van der Waals surface area contributed by atoms with E-state index in [1.807, 2.05) is 16.8 Å². The molecule has 0 aliphatic heterocycles. The summed E-state index contributed by atoms with van der Waals surface area (Å²) in [6, 6.07) is 8.40. The Hall–Kier alpha value is -1.61. The third-order valence-electron chi connectivity index (χ3n) is 3.38. The van der Waals surface area contributed by atoms with Crippen LogP contribution in [0.5, 0.6) is 0 Å². The minimum absolute atomic E-state index is 0.227. The normalized spacial score (nSPS) is 19.1. The van der Waals surface area contributed by atoms with E-state index in [1.165, 1.54) is 12.1 Å². The first kappa shape index (κ1) is 10.5. The zero-order valence-corrected chi connectivity index (χ0v) is 9.44. The number of nitrogens with zero attached hydrogens (tertiary/aromatic N) is 1. The van der Waals surface area contributed by atoms with Crippen LogP contribution < -0.4 is 0 Å². The Bertz CT molecular complexity index is 530. The van der Waals surface area contributed by atoms with Gasteiger partial charge in [-0.2, -0.15) is 0 Å². The van der Waals surface area contributed by atoms with Gasteiger partial charge in [-0.1, -0.05) is 0 Å². The Labute approximate surface area is 99.3 Å². The van der Waals surface area contributed by atoms with Gasteiger partial charge in [-0.05, 0) is 49.6 Å². The molecule has 3 rings (SSSR count). The molecule has 2 aromatic rings. The number of aliphatic hydroxyl groups excluding tert-OH is 1. The topological polar surface area (TPSA) is 25.2 Å².